The van der Waals surface area contributed by atoms with Gasteiger partial charge in [0, 0.05) is 11.1 Å². The Kier molecular flexibility index (Phi) is 5.33. The minimum atomic E-state index is -0.293. The standard InChI is InChI=1S/C24H19BrF2N2/c1-15-3-4-16(2)19(13-15)14-29-24(18-7-11-21(27)12-8-18)22(25)23(28-29)17-5-9-20(26)10-6-17/h3-13H,14H2,1-2H3. The van der Waals surface area contributed by atoms with Crippen LogP contribution in [-0.4, -0.2) is 9.78 Å². The first-order chi connectivity index (χ1) is 13.9. The van der Waals surface area contributed by atoms with E-state index in [1.54, 1.807) is 24.3 Å². The van der Waals surface area contributed by atoms with Gasteiger partial charge in [-0.2, -0.15) is 5.10 Å². The SMILES string of the molecule is Cc1ccc(C)c(Cn2nc(-c3ccc(F)cc3)c(Br)c2-c2ccc(F)cc2)c1. The van der Waals surface area contributed by atoms with E-state index in [9.17, 15) is 8.78 Å². The van der Waals surface area contributed by atoms with E-state index < -0.39 is 0 Å². The molecule has 5 heteroatoms. The molecule has 0 bridgehead atoms. The van der Waals surface area contributed by atoms with E-state index in [4.69, 9.17) is 5.10 Å². The van der Waals surface area contributed by atoms with Gasteiger partial charge in [-0.3, -0.25) is 4.68 Å². The summed E-state index contributed by atoms with van der Waals surface area (Å²) < 4.78 is 29.6. The number of benzene rings is 3. The Balaban J connectivity index is 1.88. The Hall–Kier alpha value is -2.79. The van der Waals surface area contributed by atoms with Gasteiger partial charge >= 0.3 is 0 Å². The Bertz CT molecular complexity index is 1160. The molecule has 0 aliphatic carbocycles. The van der Waals surface area contributed by atoms with Crippen LogP contribution in [0.4, 0.5) is 8.78 Å². The topological polar surface area (TPSA) is 17.8 Å². The lowest BCUT2D eigenvalue weighted by Gasteiger charge is -2.11. The van der Waals surface area contributed by atoms with Gasteiger partial charge in [0.1, 0.15) is 17.3 Å². The summed E-state index contributed by atoms with van der Waals surface area (Å²) in [6.07, 6.45) is 0. The predicted octanol–water partition coefficient (Wildman–Crippen LogP) is 6.92. The highest BCUT2D eigenvalue weighted by Gasteiger charge is 2.19. The molecule has 0 N–H and O–H groups in total. The number of halogens is 3. The van der Waals surface area contributed by atoms with Crippen molar-refractivity contribution in [2.75, 3.05) is 0 Å². The molecule has 0 saturated carbocycles. The number of aromatic nitrogens is 2. The zero-order valence-electron chi connectivity index (χ0n) is 16.1. The molecule has 29 heavy (non-hydrogen) atoms. The summed E-state index contributed by atoms with van der Waals surface area (Å²) in [7, 11) is 0. The molecule has 4 aromatic rings. The lowest BCUT2D eigenvalue weighted by Crippen LogP contribution is -2.06. The first-order valence-electron chi connectivity index (χ1n) is 9.26. The van der Waals surface area contributed by atoms with Crippen LogP contribution in [0.1, 0.15) is 16.7 Å². The van der Waals surface area contributed by atoms with Crippen molar-refractivity contribution in [1.82, 2.24) is 9.78 Å². The van der Waals surface area contributed by atoms with Crippen LogP contribution in [-0.2, 0) is 6.54 Å². The molecular formula is C24H19BrF2N2. The highest BCUT2D eigenvalue weighted by atomic mass is 79.9. The third-order valence-electron chi connectivity index (χ3n) is 4.95. The average Bonchev–Trinajstić information content (AvgIpc) is 3.02. The van der Waals surface area contributed by atoms with Gasteiger partial charge in [-0.1, -0.05) is 23.8 Å². The number of hydrogen-bond donors (Lipinski definition) is 0. The molecule has 146 valence electrons. The first kappa shape index (κ1) is 19.5. The molecule has 2 nitrogen and oxygen atoms in total. The summed E-state index contributed by atoms with van der Waals surface area (Å²) in [5, 5.41) is 4.83. The van der Waals surface area contributed by atoms with Gasteiger partial charge < -0.3 is 0 Å². The Morgan fingerprint density at radius 3 is 2.03 bits per heavy atom. The summed E-state index contributed by atoms with van der Waals surface area (Å²) in [6, 6.07) is 18.9. The van der Waals surface area contributed by atoms with Crippen LogP contribution < -0.4 is 0 Å². The van der Waals surface area contributed by atoms with Crippen LogP contribution in [0.15, 0.2) is 71.2 Å². The zero-order chi connectivity index (χ0) is 20.5. The van der Waals surface area contributed by atoms with Gasteiger partial charge in [0.15, 0.2) is 0 Å². The fourth-order valence-electron chi connectivity index (χ4n) is 3.36. The van der Waals surface area contributed by atoms with Crippen molar-refractivity contribution in [2.45, 2.75) is 20.4 Å². The molecule has 3 aromatic carbocycles. The molecule has 0 saturated heterocycles. The maximum absolute atomic E-state index is 13.5. The van der Waals surface area contributed by atoms with E-state index in [0.717, 1.165) is 32.6 Å². The number of nitrogens with zero attached hydrogens (tertiary/aromatic N) is 2. The largest absolute Gasteiger partial charge is 0.259 e. The maximum Gasteiger partial charge on any atom is 0.123 e. The highest BCUT2D eigenvalue weighted by Crippen LogP contribution is 2.37. The maximum atomic E-state index is 13.5. The van der Waals surface area contributed by atoms with Crippen LogP contribution in [0, 0.1) is 25.5 Å². The molecule has 0 radical (unpaired) electrons. The van der Waals surface area contributed by atoms with Crippen LogP contribution in [0.25, 0.3) is 22.5 Å². The van der Waals surface area contributed by atoms with Crippen LogP contribution in [0.2, 0.25) is 0 Å². The highest BCUT2D eigenvalue weighted by molar-refractivity contribution is 9.10. The average molecular weight is 453 g/mol. The smallest absolute Gasteiger partial charge is 0.123 e. The molecule has 4 rings (SSSR count). The normalized spacial score (nSPS) is 11.1. The molecule has 0 aliphatic heterocycles. The van der Waals surface area contributed by atoms with Crippen molar-refractivity contribution >= 4 is 15.9 Å². The van der Waals surface area contributed by atoms with E-state index in [2.05, 4.69) is 48.0 Å². The fraction of sp³-hybridized carbons (Fsp3) is 0.125. The molecule has 0 fully saturated rings. The van der Waals surface area contributed by atoms with Crippen molar-refractivity contribution < 1.29 is 8.78 Å². The first-order valence-corrected chi connectivity index (χ1v) is 10.1. The van der Waals surface area contributed by atoms with Crippen LogP contribution in [0.3, 0.4) is 0 Å². The molecular weight excluding hydrogens is 434 g/mol. The van der Waals surface area contributed by atoms with Crippen molar-refractivity contribution in [1.29, 1.82) is 0 Å². The molecule has 1 aromatic heterocycles. The monoisotopic (exact) mass is 452 g/mol. The predicted molar refractivity (Wildman–Crippen MR) is 116 cm³/mol. The second-order valence-corrected chi connectivity index (χ2v) is 7.91. The van der Waals surface area contributed by atoms with Gasteiger partial charge in [0.05, 0.1) is 16.7 Å². The quantitative estimate of drug-likeness (QED) is 0.328. The minimum Gasteiger partial charge on any atom is -0.259 e. The second kappa shape index (κ2) is 7.91. The second-order valence-electron chi connectivity index (χ2n) is 7.11. The Morgan fingerprint density at radius 1 is 0.828 bits per heavy atom. The summed E-state index contributed by atoms with van der Waals surface area (Å²) >= 11 is 3.69. The van der Waals surface area contributed by atoms with Crippen molar-refractivity contribution in [2.24, 2.45) is 0 Å². The van der Waals surface area contributed by atoms with Gasteiger partial charge in [-0.25, -0.2) is 8.78 Å². The van der Waals surface area contributed by atoms with Crippen molar-refractivity contribution in [3.8, 4) is 22.5 Å². The molecule has 0 spiro atoms. The number of aryl methyl sites for hydroxylation is 2. The van der Waals surface area contributed by atoms with Crippen molar-refractivity contribution in [3.63, 3.8) is 0 Å². The molecule has 0 amide bonds. The van der Waals surface area contributed by atoms with Crippen LogP contribution >= 0.6 is 15.9 Å². The lowest BCUT2D eigenvalue weighted by molar-refractivity contribution is 0.627. The summed E-state index contributed by atoms with van der Waals surface area (Å²) in [5.41, 5.74) is 6.74. The fourth-order valence-corrected chi connectivity index (χ4v) is 4.10. The van der Waals surface area contributed by atoms with E-state index in [1.165, 1.54) is 35.4 Å². The van der Waals surface area contributed by atoms with E-state index in [0.29, 0.717) is 6.54 Å². The molecule has 0 unspecified atom stereocenters. The summed E-state index contributed by atoms with van der Waals surface area (Å²) in [4.78, 5) is 0. The zero-order valence-corrected chi connectivity index (χ0v) is 17.7. The third kappa shape index (κ3) is 4.01. The number of hydrogen-bond acceptors (Lipinski definition) is 1. The summed E-state index contributed by atoms with van der Waals surface area (Å²) in [5.74, 6) is -0.581. The van der Waals surface area contributed by atoms with E-state index >= 15 is 0 Å². The summed E-state index contributed by atoms with van der Waals surface area (Å²) in [6.45, 7) is 4.71. The van der Waals surface area contributed by atoms with Gasteiger partial charge in [0.2, 0.25) is 0 Å². The van der Waals surface area contributed by atoms with Crippen molar-refractivity contribution in [3.05, 3.63) is 99.5 Å². The van der Waals surface area contributed by atoms with E-state index in [-0.39, 0.29) is 11.6 Å². The third-order valence-corrected chi connectivity index (χ3v) is 5.71. The minimum absolute atomic E-state index is 0.288. The van der Waals surface area contributed by atoms with Crippen LogP contribution in [0.5, 0.6) is 0 Å². The molecule has 0 atom stereocenters. The lowest BCUT2D eigenvalue weighted by atomic mass is 10.1. The molecule has 0 aliphatic rings. The van der Waals surface area contributed by atoms with Gasteiger partial charge in [-0.15, -0.1) is 0 Å². The van der Waals surface area contributed by atoms with Gasteiger partial charge in [-0.05, 0) is 89.4 Å². The molecule has 1 heterocycles. The Morgan fingerprint density at radius 2 is 1.41 bits per heavy atom. The van der Waals surface area contributed by atoms with E-state index in [1.807, 2.05) is 4.68 Å². The number of rotatable bonds is 4. The Labute approximate surface area is 177 Å². The van der Waals surface area contributed by atoms with Gasteiger partial charge in [0.25, 0.3) is 0 Å².